The molecule has 4 rings (SSSR count). The van der Waals surface area contributed by atoms with Gasteiger partial charge in [0.25, 0.3) is 0 Å². The average molecular weight is 369 g/mol. The molecule has 132 valence electrons. The minimum Gasteiger partial charge on any atom is -0.363 e. The second kappa shape index (κ2) is 7.17. The molecule has 1 aromatic heterocycles. The molecule has 2 aromatic carbocycles. The molecule has 8 heteroatoms. The van der Waals surface area contributed by atoms with Gasteiger partial charge in [-0.05, 0) is 36.2 Å². The van der Waals surface area contributed by atoms with Crippen molar-refractivity contribution in [3.63, 3.8) is 0 Å². The number of halogens is 1. The minimum absolute atomic E-state index is 0.220. The number of nitrogens with zero attached hydrogens (tertiary/aromatic N) is 2. The van der Waals surface area contributed by atoms with Crippen LogP contribution in [-0.2, 0) is 6.42 Å². The number of rotatable bonds is 4. The topological polar surface area (TPSA) is 85.4 Å². The molecule has 1 aliphatic rings. The Bertz CT molecular complexity index is 1050. The van der Waals surface area contributed by atoms with Crippen LogP contribution in [0.4, 0.5) is 4.39 Å². The molecule has 0 unspecified atom stereocenters. The Balaban J connectivity index is 1.39. The van der Waals surface area contributed by atoms with Crippen molar-refractivity contribution in [3.8, 4) is 0 Å². The van der Waals surface area contributed by atoms with Crippen molar-refractivity contribution in [2.75, 3.05) is 12.3 Å². The van der Waals surface area contributed by atoms with Crippen molar-refractivity contribution in [1.29, 1.82) is 0 Å². The van der Waals surface area contributed by atoms with E-state index < -0.39 is 0 Å². The summed E-state index contributed by atoms with van der Waals surface area (Å²) < 4.78 is 12.9. The van der Waals surface area contributed by atoms with Crippen LogP contribution in [0.25, 0.3) is 11.0 Å². The number of benzene rings is 2. The summed E-state index contributed by atoms with van der Waals surface area (Å²) in [5.41, 5.74) is 4.18. The largest absolute Gasteiger partial charge is 0.363 e. The summed E-state index contributed by atoms with van der Waals surface area (Å²) in [6.07, 6.45) is 0.786. The molecule has 0 bridgehead atoms. The summed E-state index contributed by atoms with van der Waals surface area (Å²) in [4.78, 5) is 16.8. The van der Waals surface area contributed by atoms with Gasteiger partial charge < -0.3 is 15.3 Å². The van der Waals surface area contributed by atoms with Gasteiger partial charge in [0.1, 0.15) is 5.82 Å². The molecule has 0 atom stereocenters. The third kappa shape index (κ3) is 3.70. The SMILES string of the molecule is O=c1[nH]c2ccc(C3=NN=C(NCCc4ccc(F)cc4)SC3)cc2[nH]1. The van der Waals surface area contributed by atoms with Crippen LogP contribution in [0.1, 0.15) is 11.1 Å². The van der Waals surface area contributed by atoms with Crippen LogP contribution < -0.4 is 11.0 Å². The van der Waals surface area contributed by atoms with Crippen molar-refractivity contribution in [3.05, 3.63) is 69.9 Å². The van der Waals surface area contributed by atoms with Crippen LogP contribution in [-0.4, -0.2) is 33.1 Å². The van der Waals surface area contributed by atoms with Gasteiger partial charge in [-0.3, -0.25) is 0 Å². The number of hydrogen-bond donors (Lipinski definition) is 3. The zero-order valence-electron chi connectivity index (χ0n) is 13.8. The molecule has 1 aliphatic heterocycles. The number of fused-ring (bicyclic) bond motifs is 1. The van der Waals surface area contributed by atoms with Gasteiger partial charge in [-0.2, -0.15) is 5.10 Å². The summed E-state index contributed by atoms with van der Waals surface area (Å²) in [6.45, 7) is 0.707. The lowest BCUT2D eigenvalue weighted by Crippen LogP contribution is -2.26. The van der Waals surface area contributed by atoms with E-state index in [0.29, 0.717) is 12.3 Å². The van der Waals surface area contributed by atoms with Gasteiger partial charge in [-0.25, -0.2) is 9.18 Å². The van der Waals surface area contributed by atoms with E-state index in [0.717, 1.165) is 39.5 Å². The van der Waals surface area contributed by atoms with Gasteiger partial charge >= 0.3 is 5.69 Å². The third-order valence-electron chi connectivity index (χ3n) is 4.06. The molecule has 0 amide bonds. The molecular weight excluding hydrogens is 353 g/mol. The van der Waals surface area contributed by atoms with E-state index in [-0.39, 0.29) is 11.5 Å². The van der Waals surface area contributed by atoms with E-state index in [2.05, 4.69) is 25.5 Å². The van der Waals surface area contributed by atoms with Gasteiger partial charge in [0, 0.05) is 17.9 Å². The first-order valence-electron chi connectivity index (χ1n) is 8.15. The number of nitrogens with one attached hydrogen (secondary N) is 3. The second-order valence-corrected chi connectivity index (χ2v) is 6.85. The maximum absolute atomic E-state index is 12.9. The number of hydrogen-bond acceptors (Lipinski definition) is 5. The maximum Gasteiger partial charge on any atom is 0.323 e. The Hall–Kier alpha value is -2.87. The molecule has 3 aromatic rings. The highest BCUT2D eigenvalue weighted by molar-refractivity contribution is 8.14. The first kappa shape index (κ1) is 16.6. The average Bonchev–Trinajstić information content (AvgIpc) is 3.03. The molecule has 0 aliphatic carbocycles. The fraction of sp³-hybridized carbons (Fsp3) is 0.167. The summed E-state index contributed by atoms with van der Waals surface area (Å²) in [5, 5.41) is 12.6. The second-order valence-electron chi connectivity index (χ2n) is 5.88. The highest BCUT2D eigenvalue weighted by Gasteiger charge is 2.13. The standard InChI is InChI=1S/C18H16FN5OS/c19-13-4-1-11(2-5-13)7-8-20-18-24-23-16(10-26-18)12-3-6-14-15(9-12)22-17(25)21-14/h1-6,9H,7-8,10H2,(H,20,24)(H2,21,22,25). The van der Waals surface area contributed by atoms with E-state index in [1.165, 1.54) is 12.1 Å². The number of imidazole rings is 1. The molecule has 6 nitrogen and oxygen atoms in total. The Morgan fingerprint density at radius 3 is 2.65 bits per heavy atom. The molecule has 0 spiro atoms. The molecule has 2 heterocycles. The van der Waals surface area contributed by atoms with Crippen molar-refractivity contribution < 1.29 is 4.39 Å². The smallest absolute Gasteiger partial charge is 0.323 e. The Morgan fingerprint density at radius 2 is 1.88 bits per heavy atom. The van der Waals surface area contributed by atoms with Crippen LogP contribution in [0.15, 0.2) is 57.5 Å². The minimum atomic E-state index is -0.224. The van der Waals surface area contributed by atoms with Crippen LogP contribution in [0, 0.1) is 5.82 Å². The third-order valence-corrected chi connectivity index (χ3v) is 4.98. The van der Waals surface area contributed by atoms with Crippen molar-refractivity contribution in [2.24, 2.45) is 10.2 Å². The number of aromatic nitrogens is 2. The van der Waals surface area contributed by atoms with E-state index in [9.17, 15) is 9.18 Å². The Morgan fingerprint density at radius 1 is 1.08 bits per heavy atom. The first-order valence-corrected chi connectivity index (χ1v) is 9.14. The van der Waals surface area contributed by atoms with Gasteiger partial charge in [-0.15, -0.1) is 5.10 Å². The highest BCUT2D eigenvalue weighted by atomic mass is 32.2. The quantitative estimate of drug-likeness (QED) is 0.661. The van der Waals surface area contributed by atoms with Gasteiger partial charge in [0.2, 0.25) is 0 Å². The number of H-pyrrole nitrogens is 2. The van der Waals surface area contributed by atoms with Crippen molar-refractivity contribution in [2.45, 2.75) is 6.42 Å². The molecule has 0 saturated heterocycles. The van der Waals surface area contributed by atoms with Crippen LogP contribution >= 0.6 is 11.8 Å². The maximum atomic E-state index is 12.9. The van der Waals surface area contributed by atoms with Crippen molar-refractivity contribution >= 4 is 33.7 Å². The molecule has 0 radical (unpaired) electrons. The van der Waals surface area contributed by atoms with Crippen LogP contribution in [0.3, 0.4) is 0 Å². The predicted molar refractivity (Wildman–Crippen MR) is 103 cm³/mol. The fourth-order valence-corrected chi connectivity index (χ4v) is 3.51. The first-order chi connectivity index (χ1) is 12.7. The van der Waals surface area contributed by atoms with Gasteiger partial charge in [0.05, 0.1) is 16.7 Å². The van der Waals surface area contributed by atoms with E-state index in [1.807, 2.05) is 18.2 Å². The lowest BCUT2D eigenvalue weighted by molar-refractivity contribution is 0.627. The lowest BCUT2D eigenvalue weighted by atomic mass is 10.1. The summed E-state index contributed by atoms with van der Waals surface area (Å²) in [5.74, 6) is 0.473. The van der Waals surface area contributed by atoms with Crippen LogP contribution in [0.2, 0.25) is 0 Å². The Kier molecular flexibility index (Phi) is 4.57. The summed E-state index contributed by atoms with van der Waals surface area (Å²) >= 11 is 1.58. The molecule has 3 N–H and O–H groups in total. The summed E-state index contributed by atoms with van der Waals surface area (Å²) in [6, 6.07) is 12.2. The number of amidine groups is 1. The molecule has 0 fully saturated rings. The number of aromatic amines is 2. The molecule has 26 heavy (non-hydrogen) atoms. The number of thioether (sulfide) groups is 1. The normalized spacial score (nSPS) is 14.2. The zero-order chi connectivity index (χ0) is 17.9. The van der Waals surface area contributed by atoms with E-state index in [4.69, 9.17) is 0 Å². The lowest BCUT2D eigenvalue weighted by Gasteiger charge is -2.13. The van der Waals surface area contributed by atoms with Gasteiger partial charge in [-0.1, -0.05) is 30.0 Å². The highest BCUT2D eigenvalue weighted by Crippen LogP contribution is 2.17. The van der Waals surface area contributed by atoms with E-state index >= 15 is 0 Å². The van der Waals surface area contributed by atoms with Crippen LogP contribution in [0.5, 0.6) is 0 Å². The predicted octanol–water partition coefficient (Wildman–Crippen LogP) is 2.63. The van der Waals surface area contributed by atoms with E-state index in [1.54, 1.807) is 23.9 Å². The Labute approximate surface area is 152 Å². The molecular formula is C18H16FN5OS. The monoisotopic (exact) mass is 369 g/mol. The molecule has 0 saturated carbocycles. The zero-order valence-corrected chi connectivity index (χ0v) is 14.6. The fourth-order valence-electron chi connectivity index (χ4n) is 2.70. The summed E-state index contributed by atoms with van der Waals surface area (Å²) in [7, 11) is 0. The van der Waals surface area contributed by atoms with Crippen molar-refractivity contribution in [1.82, 2.24) is 15.3 Å². The van der Waals surface area contributed by atoms with Gasteiger partial charge in [0.15, 0.2) is 5.17 Å².